The Morgan fingerprint density at radius 3 is 2.82 bits per heavy atom. The number of aromatic nitrogens is 2. The van der Waals surface area contributed by atoms with Crippen LogP contribution >= 0.6 is 11.5 Å². The first kappa shape index (κ1) is 22.7. The quantitative estimate of drug-likeness (QED) is 0.402. The summed E-state index contributed by atoms with van der Waals surface area (Å²) in [6, 6.07) is 12.5. The summed E-state index contributed by atoms with van der Waals surface area (Å²) in [5.41, 5.74) is 1.94. The van der Waals surface area contributed by atoms with Gasteiger partial charge in [-0.2, -0.15) is 4.37 Å². The maximum atomic E-state index is 13.0. The van der Waals surface area contributed by atoms with Crippen molar-refractivity contribution in [3.8, 4) is 5.75 Å². The Morgan fingerprint density at radius 1 is 1.18 bits per heavy atom. The van der Waals surface area contributed by atoms with Gasteiger partial charge in [-0.25, -0.2) is 4.98 Å². The smallest absolute Gasteiger partial charge is 0.273 e. The standard InChI is InChI=1S/C23H25N5O4S/c1-16-7-8-18(15-20(16)28(30)31)22(29)26-9-4-10-27(12-11-26)23-24-21(25-33-23)14-17-5-3-6-19(13-17)32-2/h3,5-8,13,15H,4,9-12,14H2,1-2H3. The van der Waals surface area contributed by atoms with Gasteiger partial charge in [0.25, 0.3) is 11.6 Å². The SMILES string of the molecule is COc1cccc(Cc2nsc(N3CCCN(C(=O)c4ccc(C)c([N+](=O)[O-])c4)CC3)n2)c1. The molecule has 1 aliphatic rings. The Labute approximate surface area is 195 Å². The van der Waals surface area contributed by atoms with Crippen LogP contribution in [0.3, 0.4) is 0 Å². The highest BCUT2D eigenvalue weighted by Gasteiger charge is 2.24. The van der Waals surface area contributed by atoms with Crippen LogP contribution in [-0.4, -0.2) is 58.4 Å². The first-order valence-electron chi connectivity index (χ1n) is 10.7. The fourth-order valence-electron chi connectivity index (χ4n) is 3.84. The molecule has 2 aromatic carbocycles. The third-order valence-corrected chi connectivity index (χ3v) is 6.47. The number of hydrogen-bond acceptors (Lipinski definition) is 8. The number of amides is 1. The van der Waals surface area contributed by atoms with E-state index in [-0.39, 0.29) is 11.6 Å². The zero-order valence-electron chi connectivity index (χ0n) is 18.6. The predicted octanol–water partition coefficient (Wildman–Crippen LogP) is 3.71. The third-order valence-electron chi connectivity index (χ3n) is 5.66. The number of nitro groups is 1. The zero-order valence-corrected chi connectivity index (χ0v) is 19.4. The van der Waals surface area contributed by atoms with E-state index in [2.05, 4.69) is 9.27 Å². The Bertz CT molecular complexity index is 1170. The van der Waals surface area contributed by atoms with Crippen LogP contribution in [0.5, 0.6) is 5.75 Å². The average molecular weight is 468 g/mol. The number of aryl methyl sites for hydroxylation is 1. The van der Waals surface area contributed by atoms with Crippen LogP contribution in [0.25, 0.3) is 0 Å². The van der Waals surface area contributed by atoms with Gasteiger partial charge in [0.2, 0.25) is 5.13 Å². The van der Waals surface area contributed by atoms with Crippen LogP contribution in [0.15, 0.2) is 42.5 Å². The Kier molecular flexibility index (Phi) is 6.83. The number of hydrogen-bond donors (Lipinski definition) is 0. The molecule has 10 heteroatoms. The van der Waals surface area contributed by atoms with Crippen molar-refractivity contribution in [2.75, 3.05) is 38.2 Å². The summed E-state index contributed by atoms with van der Waals surface area (Å²) in [5, 5.41) is 12.1. The molecule has 33 heavy (non-hydrogen) atoms. The molecule has 0 saturated carbocycles. The minimum Gasteiger partial charge on any atom is -0.497 e. The second kappa shape index (κ2) is 9.95. The lowest BCUT2D eigenvalue weighted by atomic mass is 10.1. The van der Waals surface area contributed by atoms with Crippen LogP contribution in [0, 0.1) is 17.0 Å². The van der Waals surface area contributed by atoms with Crippen LogP contribution in [0.2, 0.25) is 0 Å². The second-order valence-electron chi connectivity index (χ2n) is 7.91. The van der Waals surface area contributed by atoms with Crippen molar-refractivity contribution in [3.63, 3.8) is 0 Å². The molecule has 0 radical (unpaired) electrons. The molecule has 1 fully saturated rings. The number of carbonyl (C=O) groups excluding carboxylic acids is 1. The van der Waals surface area contributed by atoms with Gasteiger partial charge in [0.15, 0.2) is 0 Å². The van der Waals surface area contributed by atoms with E-state index >= 15 is 0 Å². The van der Waals surface area contributed by atoms with Gasteiger partial charge in [-0.05, 0) is 37.1 Å². The number of nitrogens with zero attached hydrogens (tertiary/aromatic N) is 5. The number of methoxy groups -OCH3 is 1. The number of carbonyl (C=O) groups is 1. The lowest BCUT2D eigenvalue weighted by Gasteiger charge is -2.21. The van der Waals surface area contributed by atoms with E-state index in [1.165, 1.54) is 17.6 Å². The fourth-order valence-corrected chi connectivity index (χ4v) is 4.58. The average Bonchev–Trinajstić information content (AvgIpc) is 3.13. The normalized spacial score (nSPS) is 14.1. The fraction of sp³-hybridized carbons (Fsp3) is 0.348. The molecular weight excluding hydrogens is 442 g/mol. The molecular formula is C23H25N5O4S. The lowest BCUT2D eigenvalue weighted by molar-refractivity contribution is -0.385. The monoisotopic (exact) mass is 467 g/mol. The molecule has 1 saturated heterocycles. The van der Waals surface area contributed by atoms with Crippen molar-refractivity contribution in [2.45, 2.75) is 19.8 Å². The minimum absolute atomic E-state index is 0.0327. The topological polar surface area (TPSA) is 102 Å². The third kappa shape index (κ3) is 5.28. The Morgan fingerprint density at radius 2 is 2.03 bits per heavy atom. The van der Waals surface area contributed by atoms with Gasteiger partial charge in [0.1, 0.15) is 11.6 Å². The highest BCUT2D eigenvalue weighted by atomic mass is 32.1. The van der Waals surface area contributed by atoms with Gasteiger partial charge in [-0.3, -0.25) is 14.9 Å². The molecule has 0 spiro atoms. The van der Waals surface area contributed by atoms with Crippen LogP contribution in [0.4, 0.5) is 10.8 Å². The van der Waals surface area contributed by atoms with Gasteiger partial charge in [0, 0.05) is 61.3 Å². The predicted molar refractivity (Wildman–Crippen MR) is 126 cm³/mol. The van der Waals surface area contributed by atoms with E-state index in [0.29, 0.717) is 37.2 Å². The van der Waals surface area contributed by atoms with Crippen molar-refractivity contribution in [2.24, 2.45) is 0 Å². The van der Waals surface area contributed by atoms with E-state index in [0.717, 1.165) is 35.2 Å². The van der Waals surface area contributed by atoms with Crippen LogP contribution < -0.4 is 9.64 Å². The molecule has 0 unspecified atom stereocenters. The molecule has 1 aromatic heterocycles. The summed E-state index contributed by atoms with van der Waals surface area (Å²) in [4.78, 5) is 32.4. The summed E-state index contributed by atoms with van der Waals surface area (Å²) in [7, 11) is 1.64. The van der Waals surface area contributed by atoms with E-state index in [1.807, 2.05) is 24.3 Å². The highest BCUT2D eigenvalue weighted by molar-refractivity contribution is 7.09. The maximum absolute atomic E-state index is 13.0. The van der Waals surface area contributed by atoms with Crippen LogP contribution in [0.1, 0.15) is 33.7 Å². The van der Waals surface area contributed by atoms with Gasteiger partial charge in [0.05, 0.1) is 12.0 Å². The van der Waals surface area contributed by atoms with E-state index in [1.54, 1.807) is 31.1 Å². The van der Waals surface area contributed by atoms with E-state index in [4.69, 9.17) is 9.72 Å². The van der Waals surface area contributed by atoms with Crippen molar-refractivity contribution in [3.05, 3.63) is 75.1 Å². The molecule has 0 aliphatic carbocycles. The number of rotatable bonds is 6. The molecule has 4 rings (SSSR count). The van der Waals surface area contributed by atoms with Crippen molar-refractivity contribution in [1.29, 1.82) is 0 Å². The zero-order chi connectivity index (χ0) is 23.4. The number of ether oxygens (including phenoxy) is 1. The van der Waals surface area contributed by atoms with Gasteiger partial charge in [-0.15, -0.1) is 0 Å². The molecule has 9 nitrogen and oxygen atoms in total. The number of anilines is 1. The molecule has 0 bridgehead atoms. The molecule has 0 atom stereocenters. The summed E-state index contributed by atoms with van der Waals surface area (Å²) >= 11 is 1.36. The summed E-state index contributed by atoms with van der Waals surface area (Å²) in [5.74, 6) is 1.38. The van der Waals surface area contributed by atoms with Gasteiger partial charge >= 0.3 is 0 Å². The molecule has 2 heterocycles. The summed E-state index contributed by atoms with van der Waals surface area (Å²) < 4.78 is 9.79. The first-order chi connectivity index (χ1) is 15.9. The van der Waals surface area contributed by atoms with Crippen molar-refractivity contribution in [1.82, 2.24) is 14.3 Å². The molecule has 1 amide bonds. The Hall–Kier alpha value is -3.53. The van der Waals surface area contributed by atoms with Crippen LogP contribution in [-0.2, 0) is 6.42 Å². The highest BCUT2D eigenvalue weighted by Crippen LogP contribution is 2.24. The van der Waals surface area contributed by atoms with Crippen molar-refractivity contribution < 1.29 is 14.5 Å². The number of nitro benzene ring substituents is 1. The second-order valence-corrected chi connectivity index (χ2v) is 8.64. The van der Waals surface area contributed by atoms with Gasteiger partial charge in [-0.1, -0.05) is 18.2 Å². The summed E-state index contributed by atoms with van der Waals surface area (Å²) in [6.07, 6.45) is 1.41. The largest absolute Gasteiger partial charge is 0.497 e. The van der Waals surface area contributed by atoms with E-state index in [9.17, 15) is 14.9 Å². The lowest BCUT2D eigenvalue weighted by Crippen LogP contribution is -2.35. The number of benzene rings is 2. The molecule has 1 aliphatic heterocycles. The Balaban J connectivity index is 1.41. The summed E-state index contributed by atoms with van der Waals surface area (Å²) in [6.45, 7) is 4.18. The molecule has 172 valence electrons. The van der Waals surface area contributed by atoms with Crippen molar-refractivity contribution >= 4 is 28.3 Å². The van der Waals surface area contributed by atoms with Gasteiger partial charge < -0.3 is 14.5 Å². The molecule has 0 N–H and O–H groups in total. The first-order valence-corrected chi connectivity index (χ1v) is 11.5. The van der Waals surface area contributed by atoms with E-state index < -0.39 is 4.92 Å². The maximum Gasteiger partial charge on any atom is 0.273 e. The minimum atomic E-state index is -0.450. The molecule has 3 aromatic rings.